The molecule has 0 radical (unpaired) electrons. The van der Waals surface area contributed by atoms with Crippen LogP contribution in [0, 0.1) is 12.7 Å². The quantitative estimate of drug-likeness (QED) is 0.472. The molecule has 2 bridgehead atoms. The van der Waals surface area contributed by atoms with E-state index in [1.54, 1.807) is 6.20 Å². The molecule has 1 aliphatic rings. The van der Waals surface area contributed by atoms with Crippen molar-refractivity contribution < 1.29 is 13.9 Å². The monoisotopic (exact) mass is 474 g/mol. The summed E-state index contributed by atoms with van der Waals surface area (Å²) in [5.74, 6) is 0.375. The van der Waals surface area contributed by atoms with Crippen molar-refractivity contribution in [3.63, 3.8) is 0 Å². The normalized spacial score (nSPS) is 13.5. The van der Waals surface area contributed by atoms with Crippen LogP contribution in [0.4, 0.5) is 16.0 Å². The highest BCUT2D eigenvalue weighted by Crippen LogP contribution is 2.38. The third-order valence-corrected chi connectivity index (χ3v) is 5.41. The molecule has 12 heteroatoms. The molecule has 1 aliphatic heterocycles. The molecule has 0 fully saturated rings. The molecule has 0 aliphatic carbocycles. The number of methoxy groups -OCH3 is 1. The van der Waals surface area contributed by atoms with Gasteiger partial charge in [0.2, 0.25) is 11.8 Å². The van der Waals surface area contributed by atoms with Crippen molar-refractivity contribution in [3.8, 4) is 17.4 Å². The van der Waals surface area contributed by atoms with Gasteiger partial charge < -0.3 is 14.8 Å². The molecule has 0 amide bonds. The zero-order valence-electron chi connectivity index (χ0n) is 16.1. The minimum absolute atomic E-state index is 0.218. The van der Waals surface area contributed by atoms with E-state index < -0.39 is 5.82 Å². The fourth-order valence-corrected chi connectivity index (χ4v) is 3.83. The van der Waals surface area contributed by atoms with Crippen LogP contribution < -0.4 is 14.8 Å². The number of hydrogen-bond donors (Lipinski definition) is 1. The summed E-state index contributed by atoms with van der Waals surface area (Å²) in [5, 5.41) is 13.1. The van der Waals surface area contributed by atoms with E-state index >= 15 is 0 Å². The van der Waals surface area contributed by atoms with Gasteiger partial charge in [0, 0.05) is 25.2 Å². The van der Waals surface area contributed by atoms with E-state index in [0.29, 0.717) is 47.4 Å². The number of rotatable bonds is 2. The SMILES string of the molecule is COc1ncc(F)cc1-n1nc2c(c1Br)Nc1ncc3c(C)nn(c3n1)CCCO2. The average Bonchev–Trinajstić information content (AvgIpc) is 3.21. The Morgan fingerprint density at radius 2 is 2.13 bits per heavy atom. The molecule has 30 heavy (non-hydrogen) atoms. The van der Waals surface area contributed by atoms with Crippen LogP contribution in [0.1, 0.15) is 12.1 Å². The molecule has 0 saturated heterocycles. The highest BCUT2D eigenvalue weighted by molar-refractivity contribution is 9.10. The Morgan fingerprint density at radius 1 is 1.27 bits per heavy atom. The zero-order valence-corrected chi connectivity index (χ0v) is 17.6. The number of fused-ring (bicyclic) bond motifs is 2. The molecule has 0 aromatic carbocycles. The number of anilines is 2. The lowest BCUT2D eigenvalue weighted by atomic mass is 10.3. The first kappa shape index (κ1) is 18.7. The number of nitrogens with zero attached hydrogens (tertiary/aromatic N) is 7. The summed E-state index contributed by atoms with van der Waals surface area (Å²) in [7, 11) is 1.46. The van der Waals surface area contributed by atoms with Gasteiger partial charge in [-0.3, -0.25) is 0 Å². The zero-order chi connectivity index (χ0) is 20.8. The van der Waals surface area contributed by atoms with Gasteiger partial charge in [0.15, 0.2) is 5.65 Å². The molecule has 1 N–H and O–H groups in total. The molecule has 154 valence electrons. The third-order valence-electron chi connectivity index (χ3n) is 4.68. The molecule has 0 unspecified atom stereocenters. The number of nitrogens with one attached hydrogen (secondary N) is 1. The fraction of sp³-hybridized carbons (Fsp3) is 0.278. The highest BCUT2D eigenvalue weighted by atomic mass is 79.9. The maximum absolute atomic E-state index is 13.9. The van der Waals surface area contributed by atoms with Gasteiger partial charge in [-0.1, -0.05) is 0 Å². The minimum atomic E-state index is -0.517. The van der Waals surface area contributed by atoms with Crippen molar-refractivity contribution in [2.24, 2.45) is 0 Å². The van der Waals surface area contributed by atoms with Gasteiger partial charge in [-0.05, 0) is 22.9 Å². The van der Waals surface area contributed by atoms with Gasteiger partial charge >= 0.3 is 0 Å². The van der Waals surface area contributed by atoms with Crippen molar-refractivity contribution in [2.75, 3.05) is 19.0 Å². The van der Waals surface area contributed by atoms with E-state index in [1.807, 2.05) is 11.6 Å². The summed E-state index contributed by atoms with van der Waals surface area (Å²) >= 11 is 3.52. The molecule has 5 rings (SSSR count). The van der Waals surface area contributed by atoms with Crippen molar-refractivity contribution in [3.05, 3.63) is 34.6 Å². The van der Waals surface area contributed by atoms with Crippen molar-refractivity contribution in [2.45, 2.75) is 19.9 Å². The molecule has 10 nitrogen and oxygen atoms in total. The van der Waals surface area contributed by atoms with E-state index in [0.717, 1.165) is 22.9 Å². The van der Waals surface area contributed by atoms with Crippen LogP contribution in [0.5, 0.6) is 11.8 Å². The summed E-state index contributed by atoms with van der Waals surface area (Å²) in [6, 6.07) is 1.28. The number of ether oxygens (including phenoxy) is 2. The minimum Gasteiger partial charge on any atom is -0.479 e. The first-order chi connectivity index (χ1) is 14.5. The second-order valence-corrected chi connectivity index (χ2v) is 7.38. The van der Waals surface area contributed by atoms with Crippen molar-refractivity contribution in [1.82, 2.24) is 34.5 Å². The number of hydrogen-bond acceptors (Lipinski definition) is 8. The maximum Gasteiger partial charge on any atom is 0.258 e. The lowest BCUT2D eigenvalue weighted by Crippen LogP contribution is -2.07. The second-order valence-electron chi connectivity index (χ2n) is 6.63. The fourth-order valence-electron chi connectivity index (χ4n) is 3.29. The third kappa shape index (κ3) is 3.03. The Hall–Kier alpha value is -3.28. The number of aryl methyl sites for hydroxylation is 2. The van der Waals surface area contributed by atoms with Crippen LogP contribution in [0.15, 0.2) is 23.1 Å². The van der Waals surface area contributed by atoms with Gasteiger partial charge in [0.05, 0.1) is 31.0 Å². The van der Waals surface area contributed by atoms with E-state index in [4.69, 9.17) is 9.47 Å². The summed E-state index contributed by atoms with van der Waals surface area (Å²) in [4.78, 5) is 13.0. The van der Waals surface area contributed by atoms with Crippen LogP contribution >= 0.6 is 15.9 Å². The van der Waals surface area contributed by atoms with Crippen LogP contribution in [-0.4, -0.2) is 48.2 Å². The molecule has 0 atom stereocenters. The summed E-state index contributed by atoms with van der Waals surface area (Å²) in [6.45, 7) is 2.97. The summed E-state index contributed by atoms with van der Waals surface area (Å²) in [6.07, 6.45) is 3.51. The number of aromatic nitrogens is 7. The van der Waals surface area contributed by atoms with Crippen molar-refractivity contribution >= 4 is 38.6 Å². The Kier molecular flexibility index (Phi) is 4.50. The van der Waals surface area contributed by atoms with Crippen molar-refractivity contribution in [1.29, 1.82) is 0 Å². The predicted octanol–water partition coefficient (Wildman–Crippen LogP) is 3.15. The lowest BCUT2D eigenvalue weighted by Gasteiger charge is -2.08. The van der Waals surface area contributed by atoms with Crippen LogP contribution in [0.2, 0.25) is 0 Å². The van der Waals surface area contributed by atoms with Gasteiger partial charge in [0.1, 0.15) is 21.8 Å². The van der Waals surface area contributed by atoms with E-state index in [1.165, 1.54) is 17.9 Å². The molecular weight excluding hydrogens is 459 g/mol. The average molecular weight is 475 g/mol. The Labute approximate surface area is 178 Å². The molecule has 4 aromatic heterocycles. The summed E-state index contributed by atoms with van der Waals surface area (Å²) < 4.78 is 28.8. The molecule has 0 spiro atoms. The smallest absolute Gasteiger partial charge is 0.258 e. The van der Waals surface area contributed by atoms with E-state index in [9.17, 15) is 4.39 Å². The molecular formula is C18H16BrFN8O2. The molecule has 5 heterocycles. The second kappa shape index (κ2) is 7.20. The van der Waals surface area contributed by atoms with Crippen LogP contribution in [0.3, 0.4) is 0 Å². The topological polar surface area (TPSA) is 105 Å². The molecule has 4 aromatic rings. The summed E-state index contributed by atoms with van der Waals surface area (Å²) in [5.41, 5.74) is 2.44. The van der Waals surface area contributed by atoms with Crippen LogP contribution in [0.25, 0.3) is 16.7 Å². The molecule has 0 saturated carbocycles. The van der Waals surface area contributed by atoms with Gasteiger partial charge in [-0.2, -0.15) is 10.1 Å². The van der Waals surface area contributed by atoms with E-state index in [2.05, 4.69) is 46.4 Å². The first-order valence-corrected chi connectivity index (χ1v) is 9.93. The van der Waals surface area contributed by atoms with Gasteiger partial charge in [-0.25, -0.2) is 23.7 Å². The first-order valence-electron chi connectivity index (χ1n) is 9.13. The van der Waals surface area contributed by atoms with Gasteiger partial charge in [0.25, 0.3) is 5.88 Å². The van der Waals surface area contributed by atoms with Crippen LogP contribution in [-0.2, 0) is 6.54 Å². The number of pyridine rings is 1. The number of halogens is 2. The Bertz CT molecular complexity index is 1270. The predicted molar refractivity (Wildman–Crippen MR) is 109 cm³/mol. The largest absolute Gasteiger partial charge is 0.479 e. The Morgan fingerprint density at radius 3 is 2.97 bits per heavy atom. The van der Waals surface area contributed by atoms with Gasteiger partial charge in [-0.15, -0.1) is 5.10 Å². The lowest BCUT2D eigenvalue weighted by molar-refractivity contribution is 0.288. The highest BCUT2D eigenvalue weighted by Gasteiger charge is 2.23. The van der Waals surface area contributed by atoms with E-state index in [-0.39, 0.29) is 5.88 Å². The standard InChI is InChI=1S/C18H16BrFN8O2/c1-9-11-8-22-18-23-13-14(19)28(12-6-10(20)7-21-16(12)29-2)26-17(13)30-5-3-4-27(25-9)15(11)24-18/h6-8H,3-5H2,1-2H3,(H,22,23,24). The Balaban J connectivity index is 1.65. The maximum atomic E-state index is 13.9.